The number of hydrogen-bond donors (Lipinski definition) is 2. The highest BCUT2D eigenvalue weighted by molar-refractivity contribution is 5.36. The Balaban J connectivity index is 2.29. The number of rotatable bonds is 6. The molecular weight excluding hydrogens is 254 g/mol. The van der Waals surface area contributed by atoms with Crippen LogP contribution in [0.4, 0.5) is 0 Å². The molecule has 3 N–H and O–H groups in total. The summed E-state index contributed by atoms with van der Waals surface area (Å²) in [5.74, 6) is 7.23. The lowest BCUT2D eigenvalue weighted by Gasteiger charge is -2.19. The highest BCUT2D eigenvalue weighted by Crippen LogP contribution is 2.28. The Labute approximate surface area is 118 Å². The van der Waals surface area contributed by atoms with Gasteiger partial charge in [-0.3, -0.25) is 16.3 Å². The number of para-hydroxylation sites is 1. The molecule has 0 fully saturated rings. The molecule has 2 aromatic rings. The van der Waals surface area contributed by atoms with Crippen molar-refractivity contribution in [3.8, 4) is 11.5 Å². The number of nitrogens with zero attached hydrogens (tertiary/aromatic N) is 1. The summed E-state index contributed by atoms with van der Waals surface area (Å²) in [4.78, 5) is 4.36. The van der Waals surface area contributed by atoms with Crippen LogP contribution in [0.3, 0.4) is 0 Å². The first-order chi connectivity index (χ1) is 9.80. The van der Waals surface area contributed by atoms with E-state index in [9.17, 15) is 0 Å². The average Bonchev–Trinajstić information content (AvgIpc) is 2.53. The minimum Gasteiger partial charge on any atom is -0.496 e. The smallest absolute Gasteiger partial charge is 0.142 e. The van der Waals surface area contributed by atoms with Crippen LogP contribution in [0.1, 0.15) is 17.3 Å². The van der Waals surface area contributed by atoms with E-state index in [1.54, 1.807) is 20.4 Å². The van der Waals surface area contributed by atoms with E-state index < -0.39 is 0 Å². The molecule has 1 heterocycles. The van der Waals surface area contributed by atoms with E-state index in [4.69, 9.17) is 15.3 Å². The minimum atomic E-state index is -0.151. The summed E-state index contributed by atoms with van der Waals surface area (Å²) in [5, 5.41) is 0. The van der Waals surface area contributed by atoms with Crippen LogP contribution in [0.2, 0.25) is 0 Å². The van der Waals surface area contributed by atoms with E-state index in [2.05, 4.69) is 10.4 Å². The molecule has 0 bridgehead atoms. The Morgan fingerprint density at radius 3 is 2.50 bits per heavy atom. The molecule has 1 aromatic heterocycles. The van der Waals surface area contributed by atoms with Crippen molar-refractivity contribution < 1.29 is 9.47 Å². The van der Waals surface area contributed by atoms with Crippen LogP contribution in [0.15, 0.2) is 42.6 Å². The average molecular weight is 273 g/mol. The molecule has 5 nitrogen and oxygen atoms in total. The van der Waals surface area contributed by atoms with Crippen LogP contribution in [-0.4, -0.2) is 19.2 Å². The second-order valence-electron chi connectivity index (χ2n) is 4.33. The first-order valence-electron chi connectivity index (χ1n) is 6.37. The number of pyridine rings is 1. The standard InChI is InChI=1S/C15H19N3O2/c1-19-13-7-4-3-6-11(13)10-12(18-16)15-14(20-2)8-5-9-17-15/h3-9,12,18H,10,16H2,1-2H3. The molecule has 0 aliphatic carbocycles. The predicted octanol–water partition coefficient (Wildman–Crippen LogP) is 1.85. The first-order valence-corrected chi connectivity index (χ1v) is 6.37. The largest absolute Gasteiger partial charge is 0.496 e. The van der Waals surface area contributed by atoms with E-state index in [-0.39, 0.29) is 6.04 Å². The molecule has 2 rings (SSSR count). The molecule has 0 aliphatic rings. The van der Waals surface area contributed by atoms with Gasteiger partial charge in [0.05, 0.1) is 20.3 Å². The fraction of sp³-hybridized carbons (Fsp3) is 0.267. The Morgan fingerprint density at radius 1 is 1.10 bits per heavy atom. The number of nitrogens with two attached hydrogens (primary N) is 1. The maximum atomic E-state index is 5.68. The van der Waals surface area contributed by atoms with Crippen molar-refractivity contribution in [1.82, 2.24) is 10.4 Å². The third-order valence-corrected chi connectivity index (χ3v) is 3.17. The van der Waals surface area contributed by atoms with Crippen molar-refractivity contribution >= 4 is 0 Å². The monoisotopic (exact) mass is 273 g/mol. The predicted molar refractivity (Wildman–Crippen MR) is 77.6 cm³/mol. The summed E-state index contributed by atoms with van der Waals surface area (Å²) in [6, 6.07) is 11.4. The topological polar surface area (TPSA) is 69.4 Å². The molecular formula is C15H19N3O2. The number of aromatic nitrogens is 1. The summed E-state index contributed by atoms with van der Waals surface area (Å²) in [6.45, 7) is 0. The molecule has 0 saturated heterocycles. The first kappa shape index (κ1) is 14.3. The lowest BCUT2D eigenvalue weighted by Crippen LogP contribution is -2.30. The van der Waals surface area contributed by atoms with Crippen molar-refractivity contribution in [2.24, 2.45) is 5.84 Å². The molecule has 1 aromatic carbocycles. The second kappa shape index (κ2) is 6.88. The molecule has 0 aliphatic heterocycles. The van der Waals surface area contributed by atoms with Gasteiger partial charge in [-0.2, -0.15) is 0 Å². The number of hydrogen-bond acceptors (Lipinski definition) is 5. The zero-order valence-corrected chi connectivity index (χ0v) is 11.7. The van der Waals surface area contributed by atoms with Gasteiger partial charge in [0.15, 0.2) is 0 Å². The zero-order chi connectivity index (χ0) is 14.4. The van der Waals surface area contributed by atoms with Crippen LogP contribution in [0.25, 0.3) is 0 Å². The third-order valence-electron chi connectivity index (χ3n) is 3.17. The van der Waals surface area contributed by atoms with Gasteiger partial charge in [-0.05, 0) is 30.2 Å². The van der Waals surface area contributed by atoms with Gasteiger partial charge < -0.3 is 9.47 Å². The number of methoxy groups -OCH3 is 2. The van der Waals surface area contributed by atoms with Gasteiger partial charge in [0.2, 0.25) is 0 Å². The quantitative estimate of drug-likeness (QED) is 0.621. The molecule has 20 heavy (non-hydrogen) atoms. The lowest BCUT2D eigenvalue weighted by molar-refractivity contribution is 0.388. The van der Waals surface area contributed by atoms with Crippen LogP contribution in [-0.2, 0) is 6.42 Å². The summed E-state index contributed by atoms with van der Waals surface area (Å²) in [5.41, 5.74) is 4.64. The van der Waals surface area contributed by atoms with Gasteiger partial charge in [0.25, 0.3) is 0 Å². The fourth-order valence-electron chi connectivity index (χ4n) is 2.16. The van der Waals surface area contributed by atoms with Crippen molar-refractivity contribution in [2.75, 3.05) is 14.2 Å². The summed E-state index contributed by atoms with van der Waals surface area (Å²) >= 11 is 0. The van der Waals surface area contributed by atoms with Crippen molar-refractivity contribution in [3.05, 3.63) is 53.9 Å². The van der Waals surface area contributed by atoms with Crippen LogP contribution >= 0.6 is 0 Å². The van der Waals surface area contributed by atoms with Gasteiger partial charge in [-0.25, -0.2) is 0 Å². The zero-order valence-electron chi connectivity index (χ0n) is 11.7. The molecule has 0 saturated carbocycles. The van der Waals surface area contributed by atoms with Gasteiger partial charge in [0.1, 0.15) is 17.2 Å². The molecule has 0 amide bonds. The van der Waals surface area contributed by atoms with Gasteiger partial charge in [0, 0.05) is 6.20 Å². The van der Waals surface area contributed by atoms with E-state index in [1.807, 2.05) is 36.4 Å². The maximum absolute atomic E-state index is 5.68. The molecule has 5 heteroatoms. The number of benzene rings is 1. The Morgan fingerprint density at radius 2 is 1.80 bits per heavy atom. The summed E-state index contributed by atoms with van der Waals surface area (Å²) in [6.07, 6.45) is 2.39. The summed E-state index contributed by atoms with van der Waals surface area (Å²) < 4.78 is 10.7. The Bertz CT molecular complexity index is 560. The highest BCUT2D eigenvalue weighted by atomic mass is 16.5. The van der Waals surface area contributed by atoms with Gasteiger partial charge in [-0.15, -0.1) is 0 Å². The second-order valence-corrected chi connectivity index (χ2v) is 4.33. The fourth-order valence-corrected chi connectivity index (χ4v) is 2.16. The van der Waals surface area contributed by atoms with Gasteiger partial charge >= 0.3 is 0 Å². The third kappa shape index (κ3) is 3.07. The molecule has 106 valence electrons. The molecule has 0 spiro atoms. The summed E-state index contributed by atoms with van der Waals surface area (Å²) in [7, 11) is 3.28. The van der Waals surface area contributed by atoms with Crippen LogP contribution in [0, 0.1) is 0 Å². The lowest BCUT2D eigenvalue weighted by atomic mass is 10.0. The van der Waals surface area contributed by atoms with Crippen molar-refractivity contribution in [2.45, 2.75) is 12.5 Å². The minimum absolute atomic E-state index is 0.151. The van der Waals surface area contributed by atoms with Crippen LogP contribution < -0.4 is 20.7 Å². The van der Waals surface area contributed by atoms with Crippen molar-refractivity contribution in [1.29, 1.82) is 0 Å². The van der Waals surface area contributed by atoms with E-state index in [0.717, 1.165) is 17.0 Å². The van der Waals surface area contributed by atoms with E-state index >= 15 is 0 Å². The van der Waals surface area contributed by atoms with Gasteiger partial charge in [-0.1, -0.05) is 18.2 Å². The number of nitrogens with one attached hydrogen (secondary N) is 1. The van der Waals surface area contributed by atoms with E-state index in [1.165, 1.54) is 0 Å². The molecule has 1 unspecified atom stereocenters. The Hall–Kier alpha value is -2.11. The van der Waals surface area contributed by atoms with E-state index in [0.29, 0.717) is 12.2 Å². The normalized spacial score (nSPS) is 11.9. The molecule has 1 atom stereocenters. The number of ether oxygens (including phenoxy) is 2. The molecule has 0 radical (unpaired) electrons. The highest BCUT2D eigenvalue weighted by Gasteiger charge is 2.18. The Kier molecular flexibility index (Phi) is 4.92. The van der Waals surface area contributed by atoms with Crippen molar-refractivity contribution in [3.63, 3.8) is 0 Å². The van der Waals surface area contributed by atoms with Crippen LogP contribution in [0.5, 0.6) is 11.5 Å². The SMILES string of the molecule is COc1ccccc1CC(NN)c1ncccc1OC. The maximum Gasteiger partial charge on any atom is 0.142 e. The number of hydrazine groups is 1.